The van der Waals surface area contributed by atoms with E-state index < -0.39 is 0 Å². The van der Waals surface area contributed by atoms with Crippen LogP contribution in [0.3, 0.4) is 0 Å². The Bertz CT molecular complexity index is 449. The molecular weight excluding hydrogens is 232 g/mol. The van der Waals surface area contributed by atoms with Gasteiger partial charge in [0.1, 0.15) is 11.5 Å². The molecule has 1 nitrogen and oxygen atoms in total. The maximum absolute atomic E-state index is 5.73. The molecular formula is C18H24O. The Kier molecular flexibility index (Phi) is 6.73. The molecule has 0 heterocycles. The third kappa shape index (κ3) is 5.60. The third-order valence-corrected chi connectivity index (χ3v) is 2.85. The molecule has 0 aliphatic rings. The minimum absolute atomic E-state index is 0.686. The highest BCUT2D eigenvalue weighted by atomic mass is 16.5. The van der Waals surface area contributed by atoms with E-state index in [4.69, 9.17) is 4.74 Å². The summed E-state index contributed by atoms with van der Waals surface area (Å²) in [6, 6.07) is 8.16. The van der Waals surface area contributed by atoms with Gasteiger partial charge in [-0.05, 0) is 49.1 Å². The summed E-state index contributed by atoms with van der Waals surface area (Å²) in [5.41, 5.74) is 2.56. The number of hydrogen-bond acceptors (Lipinski definition) is 1. The lowest BCUT2D eigenvalue weighted by Crippen LogP contribution is -1.92. The number of aryl methyl sites for hydroxylation is 1. The van der Waals surface area contributed by atoms with Gasteiger partial charge in [0.25, 0.3) is 0 Å². The fourth-order valence-corrected chi connectivity index (χ4v) is 1.89. The second-order valence-corrected chi connectivity index (χ2v) is 4.54. The Morgan fingerprint density at radius 1 is 1.21 bits per heavy atom. The predicted molar refractivity (Wildman–Crippen MR) is 83.4 cm³/mol. The van der Waals surface area contributed by atoms with Crippen LogP contribution in [0.15, 0.2) is 60.4 Å². The van der Waals surface area contributed by atoms with E-state index in [1.54, 1.807) is 0 Å². The minimum Gasteiger partial charge on any atom is -0.458 e. The topological polar surface area (TPSA) is 9.23 Å². The van der Waals surface area contributed by atoms with Gasteiger partial charge in [0, 0.05) is 0 Å². The molecule has 1 aromatic carbocycles. The first-order valence-corrected chi connectivity index (χ1v) is 6.98. The molecule has 0 aliphatic carbocycles. The molecule has 102 valence electrons. The number of rotatable bonds is 7. The van der Waals surface area contributed by atoms with E-state index in [1.165, 1.54) is 11.1 Å². The molecule has 0 N–H and O–H groups in total. The predicted octanol–water partition coefficient (Wildman–Crippen LogP) is 5.44. The molecule has 0 saturated carbocycles. The number of benzene rings is 1. The van der Waals surface area contributed by atoms with Crippen molar-refractivity contribution in [2.75, 3.05) is 0 Å². The van der Waals surface area contributed by atoms with E-state index in [-0.39, 0.29) is 0 Å². The summed E-state index contributed by atoms with van der Waals surface area (Å²) in [6.07, 6.45) is 9.37. The van der Waals surface area contributed by atoms with Crippen molar-refractivity contribution in [2.45, 2.75) is 40.0 Å². The van der Waals surface area contributed by atoms with E-state index in [0.29, 0.717) is 5.76 Å². The van der Waals surface area contributed by atoms with Gasteiger partial charge >= 0.3 is 0 Å². The van der Waals surface area contributed by atoms with Gasteiger partial charge in [-0.25, -0.2) is 0 Å². The van der Waals surface area contributed by atoms with Crippen molar-refractivity contribution >= 4 is 0 Å². The van der Waals surface area contributed by atoms with Gasteiger partial charge < -0.3 is 4.74 Å². The molecule has 0 spiro atoms. The quantitative estimate of drug-likeness (QED) is 0.466. The second-order valence-electron chi connectivity index (χ2n) is 4.54. The molecule has 0 saturated heterocycles. The van der Waals surface area contributed by atoms with Gasteiger partial charge in [-0.2, -0.15) is 0 Å². The summed E-state index contributed by atoms with van der Waals surface area (Å²) in [6.45, 7) is 10.3. The van der Waals surface area contributed by atoms with Crippen molar-refractivity contribution in [1.82, 2.24) is 0 Å². The summed E-state index contributed by atoms with van der Waals surface area (Å²) in [5.74, 6) is 1.53. The average molecular weight is 256 g/mol. The Labute approximate surface area is 117 Å². The second kappa shape index (κ2) is 8.36. The molecule has 1 heteroatoms. The molecule has 19 heavy (non-hydrogen) atoms. The van der Waals surface area contributed by atoms with E-state index in [9.17, 15) is 0 Å². The van der Waals surface area contributed by atoms with Crippen LogP contribution in [0.5, 0.6) is 5.75 Å². The van der Waals surface area contributed by atoms with Crippen LogP contribution in [0.2, 0.25) is 0 Å². The summed E-state index contributed by atoms with van der Waals surface area (Å²) in [4.78, 5) is 0. The van der Waals surface area contributed by atoms with E-state index in [1.807, 2.05) is 31.2 Å². The zero-order valence-electron chi connectivity index (χ0n) is 12.3. The van der Waals surface area contributed by atoms with Crippen molar-refractivity contribution in [3.05, 3.63) is 66.0 Å². The molecule has 0 aromatic heterocycles. The summed E-state index contributed by atoms with van der Waals surface area (Å²) >= 11 is 0. The van der Waals surface area contributed by atoms with Crippen molar-refractivity contribution < 1.29 is 4.74 Å². The summed E-state index contributed by atoms with van der Waals surface area (Å²) in [5, 5.41) is 0. The van der Waals surface area contributed by atoms with Crippen LogP contribution in [-0.2, 0) is 6.42 Å². The Balaban J connectivity index is 2.69. The van der Waals surface area contributed by atoms with Crippen LogP contribution in [0.25, 0.3) is 0 Å². The van der Waals surface area contributed by atoms with E-state index >= 15 is 0 Å². The monoisotopic (exact) mass is 256 g/mol. The lowest BCUT2D eigenvalue weighted by atomic mass is 10.1. The van der Waals surface area contributed by atoms with Gasteiger partial charge in [-0.3, -0.25) is 0 Å². The molecule has 1 aromatic rings. The number of hydrogen-bond donors (Lipinski definition) is 0. The average Bonchev–Trinajstić information content (AvgIpc) is 2.40. The highest BCUT2D eigenvalue weighted by Gasteiger charge is 1.98. The fourth-order valence-electron chi connectivity index (χ4n) is 1.89. The molecule has 0 amide bonds. The van der Waals surface area contributed by atoms with Crippen LogP contribution < -0.4 is 4.74 Å². The smallest absolute Gasteiger partial charge is 0.127 e. The molecule has 0 atom stereocenters. The largest absolute Gasteiger partial charge is 0.458 e. The standard InChI is InChI=1S/C18H24O/c1-5-8-17(9-6-2)14-15(4)19-18-12-10-16(7-3)11-13-18/h5,8,10-14H,4,6-7,9H2,1-3H3/b8-5-,17-14+. The van der Waals surface area contributed by atoms with Gasteiger partial charge in [0.2, 0.25) is 0 Å². The van der Waals surface area contributed by atoms with Gasteiger partial charge in [0.15, 0.2) is 0 Å². The summed E-state index contributed by atoms with van der Waals surface area (Å²) < 4.78 is 5.73. The van der Waals surface area contributed by atoms with Gasteiger partial charge in [-0.15, -0.1) is 0 Å². The molecule has 0 radical (unpaired) electrons. The van der Waals surface area contributed by atoms with E-state index in [2.05, 4.69) is 38.6 Å². The lowest BCUT2D eigenvalue weighted by Gasteiger charge is -2.07. The lowest BCUT2D eigenvalue weighted by molar-refractivity contribution is 0.446. The van der Waals surface area contributed by atoms with Crippen molar-refractivity contribution in [3.8, 4) is 5.75 Å². The van der Waals surface area contributed by atoms with Gasteiger partial charge in [-0.1, -0.05) is 51.1 Å². The summed E-state index contributed by atoms with van der Waals surface area (Å²) in [7, 11) is 0. The number of ether oxygens (including phenoxy) is 1. The highest BCUT2D eigenvalue weighted by Crippen LogP contribution is 2.17. The fraction of sp³-hybridized carbons (Fsp3) is 0.333. The zero-order valence-corrected chi connectivity index (χ0v) is 12.3. The molecule has 0 aliphatic heterocycles. The first-order chi connectivity index (χ1) is 9.19. The van der Waals surface area contributed by atoms with Crippen LogP contribution in [0, 0.1) is 0 Å². The highest BCUT2D eigenvalue weighted by molar-refractivity contribution is 5.32. The van der Waals surface area contributed by atoms with Crippen molar-refractivity contribution in [2.24, 2.45) is 0 Å². The van der Waals surface area contributed by atoms with Crippen LogP contribution in [0.4, 0.5) is 0 Å². The third-order valence-electron chi connectivity index (χ3n) is 2.85. The maximum atomic E-state index is 5.73. The zero-order chi connectivity index (χ0) is 14.1. The molecule has 1 rings (SSSR count). The Morgan fingerprint density at radius 3 is 2.42 bits per heavy atom. The number of allylic oxidation sites excluding steroid dienone is 4. The van der Waals surface area contributed by atoms with Crippen molar-refractivity contribution in [3.63, 3.8) is 0 Å². The minimum atomic E-state index is 0.686. The first-order valence-electron chi connectivity index (χ1n) is 6.98. The van der Waals surface area contributed by atoms with Crippen LogP contribution >= 0.6 is 0 Å². The Morgan fingerprint density at radius 2 is 1.89 bits per heavy atom. The SMILES string of the molecule is C=C(/C=C(\C=C/C)CCC)Oc1ccc(CC)cc1. The van der Waals surface area contributed by atoms with E-state index in [0.717, 1.165) is 25.0 Å². The maximum Gasteiger partial charge on any atom is 0.127 e. The van der Waals surface area contributed by atoms with Gasteiger partial charge in [0.05, 0.1) is 0 Å². The molecule has 0 unspecified atom stereocenters. The van der Waals surface area contributed by atoms with Crippen LogP contribution in [0.1, 0.15) is 39.2 Å². The normalized spacial score (nSPS) is 11.8. The first kappa shape index (κ1) is 15.3. The molecule has 0 fully saturated rings. The van der Waals surface area contributed by atoms with Crippen LogP contribution in [-0.4, -0.2) is 0 Å². The molecule has 0 bridgehead atoms. The van der Waals surface area contributed by atoms with Crippen molar-refractivity contribution in [1.29, 1.82) is 0 Å². The Hall–Kier alpha value is -1.76.